The molecule has 1 heterocycles. The molecule has 0 saturated carbocycles. The smallest absolute Gasteiger partial charge is 0.227 e. The number of carbonyl (C=O) groups excluding carboxylic acids is 1. The Bertz CT molecular complexity index is 500. The summed E-state index contributed by atoms with van der Waals surface area (Å²) in [5.41, 5.74) is 9.02. The van der Waals surface area contributed by atoms with Gasteiger partial charge in [0.15, 0.2) is 0 Å². The SMILES string of the molecule is Cc1ccc(C)c(CC(=O)N2CCC(OCCCN)CC2)c1.Cl. The highest BCUT2D eigenvalue weighted by Gasteiger charge is 2.23. The van der Waals surface area contributed by atoms with Crippen LogP contribution in [0.15, 0.2) is 18.2 Å². The zero-order chi connectivity index (χ0) is 15.9. The minimum absolute atomic E-state index is 0. The maximum absolute atomic E-state index is 12.5. The molecule has 0 aliphatic carbocycles. The summed E-state index contributed by atoms with van der Waals surface area (Å²) in [6.07, 6.45) is 3.57. The Morgan fingerprint density at radius 1 is 1.30 bits per heavy atom. The number of hydrogen-bond acceptors (Lipinski definition) is 3. The van der Waals surface area contributed by atoms with Crippen LogP contribution in [0, 0.1) is 13.8 Å². The molecule has 23 heavy (non-hydrogen) atoms. The number of rotatable bonds is 6. The van der Waals surface area contributed by atoms with E-state index < -0.39 is 0 Å². The van der Waals surface area contributed by atoms with Crippen LogP contribution in [-0.2, 0) is 16.0 Å². The summed E-state index contributed by atoms with van der Waals surface area (Å²) < 4.78 is 5.79. The summed E-state index contributed by atoms with van der Waals surface area (Å²) in [5, 5.41) is 0. The van der Waals surface area contributed by atoms with Crippen LogP contribution in [0.2, 0.25) is 0 Å². The highest BCUT2D eigenvalue weighted by atomic mass is 35.5. The van der Waals surface area contributed by atoms with Crippen molar-refractivity contribution < 1.29 is 9.53 Å². The first-order valence-electron chi connectivity index (χ1n) is 8.25. The van der Waals surface area contributed by atoms with E-state index in [0.29, 0.717) is 13.0 Å². The van der Waals surface area contributed by atoms with E-state index in [2.05, 4.69) is 32.0 Å². The fourth-order valence-electron chi connectivity index (χ4n) is 2.87. The number of hydrogen-bond donors (Lipinski definition) is 1. The molecule has 0 unspecified atom stereocenters. The number of nitrogens with two attached hydrogens (primary N) is 1. The molecule has 1 aliphatic rings. The van der Waals surface area contributed by atoms with Crippen molar-refractivity contribution in [2.45, 2.75) is 45.6 Å². The Labute approximate surface area is 145 Å². The summed E-state index contributed by atoms with van der Waals surface area (Å²) in [5.74, 6) is 0.231. The minimum atomic E-state index is 0. The summed E-state index contributed by atoms with van der Waals surface area (Å²) in [4.78, 5) is 14.4. The van der Waals surface area contributed by atoms with Crippen molar-refractivity contribution >= 4 is 18.3 Å². The van der Waals surface area contributed by atoms with E-state index >= 15 is 0 Å². The van der Waals surface area contributed by atoms with E-state index in [9.17, 15) is 4.79 Å². The van der Waals surface area contributed by atoms with E-state index in [0.717, 1.165) is 44.5 Å². The second kappa shape index (κ2) is 9.91. The molecule has 2 rings (SSSR count). The Morgan fingerprint density at radius 2 is 2.00 bits per heavy atom. The van der Waals surface area contributed by atoms with Gasteiger partial charge in [0, 0.05) is 19.7 Å². The lowest BCUT2D eigenvalue weighted by Crippen LogP contribution is -2.41. The van der Waals surface area contributed by atoms with Crippen LogP contribution in [0.1, 0.15) is 36.0 Å². The number of ether oxygens (including phenoxy) is 1. The summed E-state index contributed by atoms with van der Waals surface area (Å²) in [6, 6.07) is 6.30. The van der Waals surface area contributed by atoms with Crippen LogP contribution < -0.4 is 5.73 Å². The fraction of sp³-hybridized carbons (Fsp3) is 0.611. The van der Waals surface area contributed by atoms with Crippen LogP contribution in [0.25, 0.3) is 0 Å². The molecule has 1 aliphatic heterocycles. The molecule has 1 amide bonds. The quantitative estimate of drug-likeness (QED) is 0.810. The second-order valence-corrected chi connectivity index (χ2v) is 6.20. The van der Waals surface area contributed by atoms with Gasteiger partial charge in [0.25, 0.3) is 0 Å². The summed E-state index contributed by atoms with van der Waals surface area (Å²) >= 11 is 0. The number of nitrogens with zero attached hydrogens (tertiary/aromatic N) is 1. The van der Waals surface area contributed by atoms with Crippen molar-refractivity contribution in [1.82, 2.24) is 4.90 Å². The predicted octanol–water partition coefficient (Wildman–Crippen LogP) is 2.62. The van der Waals surface area contributed by atoms with Gasteiger partial charge >= 0.3 is 0 Å². The highest BCUT2D eigenvalue weighted by Crippen LogP contribution is 2.17. The van der Waals surface area contributed by atoms with Gasteiger partial charge in [-0.3, -0.25) is 4.79 Å². The predicted molar refractivity (Wildman–Crippen MR) is 96.1 cm³/mol. The van der Waals surface area contributed by atoms with Crippen LogP contribution in [0.4, 0.5) is 0 Å². The number of piperidine rings is 1. The van der Waals surface area contributed by atoms with Crippen molar-refractivity contribution in [3.05, 3.63) is 34.9 Å². The monoisotopic (exact) mass is 340 g/mol. The van der Waals surface area contributed by atoms with E-state index in [4.69, 9.17) is 10.5 Å². The Balaban J connectivity index is 0.00000264. The average Bonchev–Trinajstić information content (AvgIpc) is 2.52. The molecular formula is C18H29ClN2O2. The molecule has 2 N–H and O–H groups in total. The molecule has 1 aromatic rings. The van der Waals surface area contributed by atoms with Gasteiger partial charge in [-0.1, -0.05) is 23.8 Å². The van der Waals surface area contributed by atoms with Crippen molar-refractivity contribution in [1.29, 1.82) is 0 Å². The first kappa shape index (κ1) is 19.9. The topological polar surface area (TPSA) is 55.6 Å². The maximum atomic E-state index is 12.5. The van der Waals surface area contributed by atoms with E-state index in [-0.39, 0.29) is 24.4 Å². The third-order valence-electron chi connectivity index (χ3n) is 4.34. The second-order valence-electron chi connectivity index (χ2n) is 6.20. The molecule has 0 radical (unpaired) electrons. The molecular weight excluding hydrogens is 312 g/mol. The van der Waals surface area contributed by atoms with Gasteiger partial charge in [-0.05, 0) is 50.8 Å². The van der Waals surface area contributed by atoms with Crippen LogP contribution in [-0.4, -0.2) is 43.2 Å². The minimum Gasteiger partial charge on any atom is -0.378 e. The zero-order valence-corrected chi connectivity index (χ0v) is 15.0. The molecule has 1 fully saturated rings. The summed E-state index contributed by atoms with van der Waals surface area (Å²) in [6.45, 7) is 7.15. The molecule has 1 aromatic carbocycles. The Hall–Kier alpha value is -1.10. The van der Waals surface area contributed by atoms with Crippen molar-refractivity contribution in [3.63, 3.8) is 0 Å². The Kier molecular flexibility index (Phi) is 8.59. The van der Waals surface area contributed by atoms with Crippen molar-refractivity contribution in [3.8, 4) is 0 Å². The molecule has 130 valence electrons. The lowest BCUT2D eigenvalue weighted by Gasteiger charge is -2.32. The molecule has 5 heteroatoms. The molecule has 0 atom stereocenters. The zero-order valence-electron chi connectivity index (χ0n) is 14.2. The number of likely N-dealkylation sites (tertiary alicyclic amines) is 1. The Morgan fingerprint density at radius 3 is 2.65 bits per heavy atom. The molecule has 0 bridgehead atoms. The normalized spacial score (nSPS) is 15.3. The largest absolute Gasteiger partial charge is 0.378 e. The number of amides is 1. The van der Waals surface area contributed by atoms with Gasteiger partial charge in [-0.2, -0.15) is 0 Å². The van der Waals surface area contributed by atoms with Gasteiger partial charge in [-0.25, -0.2) is 0 Å². The van der Waals surface area contributed by atoms with Gasteiger partial charge < -0.3 is 15.4 Å². The van der Waals surface area contributed by atoms with Crippen LogP contribution >= 0.6 is 12.4 Å². The van der Waals surface area contributed by atoms with E-state index in [1.165, 1.54) is 11.1 Å². The van der Waals surface area contributed by atoms with Gasteiger partial charge in [-0.15, -0.1) is 12.4 Å². The van der Waals surface area contributed by atoms with Crippen LogP contribution in [0.5, 0.6) is 0 Å². The van der Waals surface area contributed by atoms with Crippen LogP contribution in [0.3, 0.4) is 0 Å². The standard InChI is InChI=1S/C18H28N2O2.ClH/c1-14-4-5-15(2)16(12-14)13-18(21)20-9-6-17(7-10-20)22-11-3-8-19;/h4-5,12,17H,3,6-11,13,19H2,1-2H3;1H. The highest BCUT2D eigenvalue weighted by molar-refractivity contribution is 5.85. The van der Waals surface area contributed by atoms with E-state index in [1.54, 1.807) is 0 Å². The third-order valence-corrected chi connectivity index (χ3v) is 4.34. The number of aryl methyl sites for hydroxylation is 2. The lowest BCUT2D eigenvalue weighted by molar-refractivity contribution is -0.133. The molecule has 1 saturated heterocycles. The number of halogens is 1. The lowest BCUT2D eigenvalue weighted by atomic mass is 10.0. The van der Waals surface area contributed by atoms with Crippen molar-refractivity contribution in [2.75, 3.05) is 26.2 Å². The number of benzene rings is 1. The van der Waals surface area contributed by atoms with Crippen molar-refractivity contribution in [2.24, 2.45) is 5.73 Å². The summed E-state index contributed by atoms with van der Waals surface area (Å²) in [7, 11) is 0. The first-order chi connectivity index (χ1) is 10.6. The number of carbonyl (C=O) groups is 1. The van der Waals surface area contributed by atoms with Gasteiger partial charge in [0.2, 0.25) is 5.91 Å². The maximum Gasteiger partial charge on any atom is 0.227 e. The first-order valence-corrected chi connectivity index (χ1v) is 8.25. The average molecular weight is 341 g/mol. The fourth-order valence-corrected chi connectivity index (χ4v) is 2.87. The molecule has 4 nitrogen and oxygen atoms in total. The van der Waals surface area contributed by atoms with Gasteiger partial charge in [0.05, 0.1) is 12.5 Å². The van der Waals surface area contributed by atoms with E-state index in [1.807, 2.05) is 4.90 Å². The molecule has 0 spiro atoms. The van der Waals surface area contributed by atoms with Gasteiger partial charge in [0.1, 0.15) is 0 Å². The third kappa shape index (κ3) is 6.13. The molecule has 0 aromatic heterocycles.